The van der Waals surface area contributed by atoms with Crippen LogP contribution >= 0.6 is 46.4 Å². The first kappa shape index (κ1) is 25.8. The van der Waals surface area contributed by atoms with Gasteiger partial charge in [0.25, 0.3) is 0 Å². The van der Waals surface area contributed by atoms with E-state index in [0.29, 0.717) is 25.7 Å². The molecule has 0 radical (unpaired) electrons. The molecule has 0 amide bonds. The molecule has 33 heavy (non-hydrogen) atoms. The smallest absolute Gasteiger partial charge is 0.339 e. The summed E-state index contributed by atoms with van der Waals surface area (Å²) < 4.78 is 30.0. The summed E-state index contributed by atoms with van der Waals surface area (Å²) in [5.74, 6) is -0.841. The zero-order valence-corrected chi connectivity index (χ0v) is 22.4. The van der Waals surface area contributed by atoms with E-state index in [2.05, 4.69) is 0 Å². The van der Waals surface area contributed by atoms with E-state index in [-0.39, 0.29) is 23.4 Å². The molecular weight excluding hydrogens is 530 g/mol. The van der Waals surface area contributed by atoms with Crippen LogP contribution in [0.15, 0.2) is 23.8 Å². The van der Waals surface area contributed by atoms with E-state index in [1.165, 1.54) is 6.26 Å². The van der Waals surface area contributed by atoms with Gasteiger partial charge in [-0.3, -0.25) is 4.79 Å². The predicted molar refractivity (Wildman–Crippen MR) is 131 cm³/mol. The number of halogens is 4. The van der Waals surface area contributed by atoms with Crippen molar-refractivity contribution >= 4 is 68.0 Å². The molecule has 0 spiro atoms. The van der Waals surface area contributed by atoms with Crippen LogP contribution in [0.3, 0.4) is 0 Å². The molecule has 0 aliphatic heterocycles. The maximum Gasteiger partial charge on any atom is 0.339 e. The molecule has 0 bridgehead atoms. The van der Waals surface area contributed by atoms with E-state index in [1.807, 2.05) is 13.0 Å². The third kappa shape index (κ3) is 4.10. The average Bonchev–Trinajstić information content (AvgIpc) is 3.06. The van der Waals surface area contributed by atoms with E-state index in [9.17, 15) is 18.0 Å². The first-order valence-electron chi connectivity index (χ1n) is 11.2. The second-order valence-electron chi connectivity index (χ2n) is 10.2. The number of rotatable bonds is 5. The van der Waals surface area contributed by atoms with E-state index < -0.39 is 47.8 Å². The highest BCUT2D eigenvalue weighted by atomic mass is 35.5. The molecule has 4 rings (SSSR count). The Bertz CT molecular complexity index is 1020. The predicted octanol–water partition coefficient (Wildman–Crippen LogP) is 5.00. The van der Waals surface area contributed by atoms with Crippen LogP contribution in [-0.4, -0.2) is 53.4 Å². The number of alkyl halides is 4. The summed E-state index contributed by atoms with van der Waals surface area (Å²) >= 11 is 26.1. The summed E-state index contributed by atoms with van der Waals surface area (Å²) in [6.45, 7) is 2.04. The van der Waals surface area contributed by atoms with Crippen LogP contribution in [0.4, 0.5) is 0 Å². The summed E-state index contributed by atoms with van der Waals surface area (Å²) in [5.41, 5.74) is -0.237. The van der Waals surface area contributed by atoms with Crippen molar-refractivity contribution in [1.82, 2.24) is 0 Å². The molecule has 7 atom stereocenters. The van der Waals surface area contributed by atoms with Gasteiger partial charge < -0.3 is 4.74 Å². The highest BCUT2D eigenvalue weighted by Crippen LogP contribution is 2.70. The van der Waals surface area contributed by atoms with Gasteiger partial charge in [-0.1, -0.05) is 41.8 Å². The largest absolute Gasteiger partial charge is 0.460 e. The topological polar surface area (TPSA) is 77.5 Å². The standard InChI is InChI=1S/C23H28Cl4O5S/c1-21-8-7-14(28)11-13(21)3-4-16-15-5-6-18(32-20(29)19(25)26)22(15,9-10-33(2,30)31)12-17(24)23(16,21)27/h7-8,11,15-19H,3-6,9-10,12H2,1-2H3/t15-,16-,17-,18+,21-,22-,23-/m0/s1. The number of carbonyl (C=O) groups is 2. The number of allylic oxidation sites excluding steroid dienone is 4. The number of esters is 1. The Morgan fingerprint density at radius 3 is 2.58 bits per heavy atom. The minimum Gasteiger partial charge on any atom is -0.460 e. The van der Waals surface area contributed by atoms with Gasteiger partial charge in [-0.25, -0.2) is 13.2 Å². The molecule has 4 aliphatic rings. The van der Waals surface area contributed by atoms with Gasteiger partial charge >= 0.3 is 5.97 Å². The normalized spacial score (nSPS) is 42.4. The fourth-order valence-corrected chi connectivity index (χ4v) is 9.14. The summed E-state index contributed by atoms with van der Waals surface area (Å²) in [6, 6.07) is 0. The fourth-order valence-electron chi connectivity index (χ4n) is 7.09. The monoisotopic (exact) mass is 556 g/mol. The van der Waals surface area contributed by atoms with Crippen molar-refractivity contribution in [3.8, 4) is 0 Å². The van der Waals surface area contributed by atoms with Crippen LogP contribution in [0, 0.1) is 22.7 Å². The van der Waals surface area contributed by atoms with Crippen molar-refractivity contribution in [2.45, 2.75) is 66.6 Å². The van der Waals surface area contributed by atoms with E-state index in [0.717, 1.165) is 18.4 Å². The number of hydrogen-bond donors (Lipinski definition) is 0. The zero-order chi connectivity index (χ0) is 24.4. The summed E-state index contributed by atoms with van der Waals surface area (Å²) in [6.07, 6.45) is 9.26. The Morgan fingerprint density at radius 1 is 1.24 bits per heavy atom. The lowest BCUT2D eigenvalue weighted by Crippen LogP contribution is -2.65. The quantitative estimate of drug-likeness (QED) is 0.351. The Labute approximate surface area is 215 Å². The van der Waals surface area contributed by atoms with Gasteiger partial charge in [0.15, 0.2) is 5.78 Å². The summed E-state index contributed by atoms with van der Waals surface area (Å²) in [5, 5.41) is -0.534. The Balaban J connectivity index is 1.76. The van der Waals surface area contributed by atoms with Crippen molar-refractivity contribution in [2.24, 2.45) is 22.7 Å². The molecule has 0 saturated heterocycles. The average molecular weight is 558 g/mol. The molecule has 3 saturated carbocycles. The lowest BCUT2D eigenvalue weighted by Gasteiger charge is -2.63. The minimum absolute atomic E-state index is 0.0121. The van der Waals surface area contributed by atoms with E-state index >= 15 is 0 Å². The van der Waals surface area contributed by atoms with Crippen LogP contribution in [0.5, 0.6) is 0 Å². The Morgan fingerprint density at radius 2 is 1.94 bits per heavy atom. The van der Waals surface area contributed by atoms with Crippen molar-refractivity contribution in [3.63, 3.8) is 0 Å². The molecule has 3 fully saturated rings. The molecular formula is C23H28Cl4O5S. The van der Waals surface area contributed by atoms with Gasteiger partial charge in [-0.2, -0.15) is 0 Å². The van der Waals surface area contributed by atoms with Gasteiger partial charge in [-0.15, -0.1) is 23.2 Å². The molecule has 0 aromatic rings. The highest BCUT2D eigenvalue weighted by molar-refractivity contribution is 7.90. The van der Waals surface area contributed by atoms with Crippen molar-refractivity contribution in [1.29, 1.82) is 0 Å². The van der Waals surface area contributed by atoms with Crippen LogP contribution in [0.2, 0.25) is 0 Å². The number of ether oxygens (including phenoxy) is 1. The molecule has 10 heteroatoms. The maximum atomic E-state index is 12.3. The van der Waals surface area contributed by atoms with E-state index in [4.69, 9.17) is 51.1 Å². The highest BCUT2D eigenvalue weighted by Gasteiger charge is 2.70. The number of sulfone groups is 1. The fraction of sp³-hybridized carbons (Fsp3) is 0.739. The van der Waals surface area contributed by atoms with Crippen molar-refractivity contribution in [3.05, 3.63) is 23.8 Å². The summed E-state index contributed by atoms with van der Waals surface area (Å²) in [7, 11) is -3.26. The number of ketones is 1. The Hall–Kier alpha value is -0.270. The van der Waals surface area contributed by atoms with Crippen LogP contribution in [0.1, 0.15) is 45.4 Å². The summed E-state index contributed by atoms with van der Waals surface area (Å²) in [4.78, 5) is 22.2. The third-order valence-corrected chi connectivity index (χ3v) is 11.5. The molecule has 0 aromatic heterocycles. The lowest BCUT2D eigenvalue weighted by atomic mass is 9.47. The van der Waals surface area contributed by atoms with Crippen LogP contribution in [0.25, 0.3) is 0 Å². The van der Waals surface area contributed by atoms with Crippen LogP contribution < -0.4 is 0 Å². The van der Waals surface area contributed by atoms with Crippen molar-refractivity contribution in [2.75, 3.05) is 12.0 Å². The van der Waals surface area contributed by atoms with Gasteiger partial charge in [0.1, 0.15) is 15.9 Å². The second-order valence-corrected chi connectivity index (χ2v) is 14.7. The van der Waals surface area contributed by atoms with Gasteiger partial charge in [0.05, 0.1) is 16.0 Å². The number of hydrogen-bond acceptors (Lipinski definition) is 5. The maximum absolute atomic E-state index is 12.3. The zero-order valence-electron chi connectivity index (χ0n) is 18.5. The van der Waals surface area contributed by atoms with Crippen LogP contribution in [-0.2, 0) is 24.2 Å². The Kier molecular flexibility index (Phi) is 6.79. The second kappa shape index (κ2) is 8.69. The van der Waals surface area contributed by atoms with Gasteiger partial charge in [0.2, 0.25) is 4.84 Å². The molecule has 0 aromatic carbocycles. The minimum atomic E-state index is -3.26. The number of carbonyl (C=O) groups excluding carboxylic acids is 2. The SMILES string of the molecule is C[C@]12C=CC(=O)C=C1CC[C@H]1[C@@H]3CC[C@@H](OC(=O)C(Cl)Cl)[C@@]3(CCS(C)(=O)=O)C[C@H](Cl)[C@@]12Cl. The molecule has 4 aliphatic carbocycles. The molecule has 5 nitrogen and oxygen atoms in total. The lowest BCUT2D eigenvalue weighted by molar-refractivity contribution is -0.158. The number of fused-ring (bicyclic) bond motifs is 5. The van der Waals surface area contributed by atoms with Gasteiger partial charge in [-0.05, 0) is 62.5 Å². The van der Waals surface area contributed by atoms with E-state index in [1.54, 1.807) is 12.2 Å². The van der Waals surface area contributed by atoms with Gasteiger partial charge in [0, 0.05) is 17.1 Å². The third-order valence-electron chi connectivity index (χ3n) is 8.62. The molecule has 184 valence electrons. The first-order chi connectivity index (χ1) is 15.2. The van der Waals surface area contributed by atoms with Crippen molar-refractivity contribution < 1.29 is 22.7 Å². The molecule has 0 unspecified atom stereocenters. The molecule has 0 heterocycles. The molecule has 0 N–H and O–H groups in total. The first-order valence-corrected chi connectivity index (χ1v) is 14.9.